The smallest absolute Gasteiger partial charge is 0.242 e. The zero-order valence-electron chi connectivity index (χ0n) is 19.4. The SMILES string of the molecule is CCOc1ccc(NC(=O)[C@@H](CC(C)C)NS(=O)(=O)c2ccc3c(c2)CCN3C(C)=O)cc1. The standard InChI is InChI=1S/C24H31N3O5S/c1-5-32-20-8-6-19(7-9-20)25-24(29)22(14-16(2)3)26-33(30,31)21-10-11-23-18(15-21)12-13-27(23)17(4)28/h6-11,15-16,22,26H,5,12-14H2,1-4H3,(H,25,29)/t22-/m1/s1. The number of nitrogens with zero attached hydrogens (tertiary/aromatic N) is 1. The molecule has 0 saturated heterocycles. The predicted octanol–water partition coefficient (Wildman–Crippen LogP) is 3.33. The number of anilines is 2. The predicted molar refractivity (Wildman–Crippen MR) is 128 cm³/mol. The van der Waals surface area contributed by atoms with Crippen LogP contribution in [0.25, 0.3) is 0 Å². The summed E-state index contributed by atoms with van der Waals surface area (Å²) >= 11 is 0. The molecule has 2 aromatic carbocycles. The molecule has 9 heteroatoms. The minimum Gasteiger partial charge on any atom is -0.494 e. The van der Waals surface area contributed by atoms with Gasteiger partial charge in [-0.2, -0.15) is 4.72 Å². The van der Waals surface area contributed by atoms with Crippen LogP contribution in [0.5, 0.6) is 5.75 Å². The van der Waals surface area contributed by atoms with Gasteiger partial charge in [0.2, 0.25) is 21.8 Å². The summed E-state index contributed by atoms with van der Waals surface area (Å²) < 4.78 is 34.2. The molecule has 0 fully saturated rings. The average Bonchev–Trinajstić information content (AvgIpc) is 3.18. The molecule has 1 aliphatic rings. The molecule has 1 heterocycles. The first-order valence-electron chi connectivity index (χ1n) is 11.1. The van der Waals surface area contributed by atoms with Gasteiger partial charge in [-0.3, -0.25) is 9.59 Å². The molecule has 2 N–H and O–H groups in total. The van der Waals surface area contributed by atoms with E-state index < -0.39 is 22.0 Å². The molecular weight excluding hydrogens is 442 g/mol. The van der Waals surface area contributed by atoms with Gasteiger partial charge in [0.25, 0.3) is 0 Å². The maximum Gasteiger partial charge on any atom is 0.242 e. The first-order chi connectivity index (χ1) is 15.6. The van der Waals surface area contributed by atoms with Gasteiger partial charge >= 0.3 is 0 Å². The Morgan fingerprint density at radius 2 is 1.82 bits per heavy atom. The minimum absolute atomic E-state index is 0.0780. The van der Waals surface area contributed by atoms with Crippen LogP contribution in [-0.2, 0) is 26.0 Å². The van der Waals surface area contributed by atoms with Crippen molar-refractivity contribution in [3.8, 4) is 5.75 Å². The fourth-order valence-corrected chi connectivity index (χ4v) is 5.10. The molecule has 0 spiro atoms. The summed E-state index contributed by atoms with van der Waals surface area (Å²) in [6.45, 7) is 8.30. The molecule has 1 aliphatic heterocycles. The Bertz CT molecular complexity index is 1110. The van der Waals surface area contributed by atoms with Gasteiger partial charge in [-0.05, 0) is 73.7 Å². The Morgan fingerprint density at radius 1 is 1.12 bits per heavy atom. The number of fused-ring (bicyclic) bond motifs is 1. The fourth-order valence-electron chi connectivity index (χ4n) is 3.84. The molecule has 2 aromatic rings. The normalized spacial score (nSPS) is 14.2. The van der Waals surface area contributed by atoms with E-state index in [0.717, 1.165) is 11.3 Å². The summed E-state index contributed by atoms with van der Waals surface area (Å²) in [5, 5.41) is 2.79. The minimum atomic E-state index is -3.95. The van der Waals surface area contributed by atoms with Crippen LogP contribution in [0.3, 0.4) is 0 Å². The summed E-state index contributed by atoms with van der Waals surface area (Å²) in [5.41, 5.74) is 2.08. The third-order valence-corrected chi connectivity index (χ3v) is 6.86. The highest BCUT2D eigenvalue weighted by Gasteiger charge is 2.29. The van der Waals surface area contributed by atoms with E-state index in [0.29, 0.717) is 37.4 Å². The van der Waals surface area contributed by atoms with Crippen molar-refractivity contribution in [2.24, 2.45) is 5.92 Å². The van der Waals surface area contributed by atoms with Crippen molar-refractivity contribution in [2.75, 3.05) is 23.4 Å². The highest BCUT2D eigenvalue weighted by molar-refractivity contribution is 7.89. The molecule has 178 valence electrons. The van der Waals surface area contributed by atoms with Crippen molar-refractivity contribution < 1.29 is 22.7 Å². The molecule has 0 saturated carbocycles. The van der Waals surface area contributed by atoms with Crippen molar-refractivity contribution in [1.29, 1.82) is 0 Å². The molecule has 3 rings (SSSR count). The second kappa shape index (κ2) is 10.4. The molecule has 0 unspecified atom stereocenters. The number of rotatable bonds is 9. The molecule has 33 heavy (non-hydrogen) atoms. The van der Waals surface area contributed by atoms with Crippen LogP contribution in [0.15, 0.2) is 47.4 Å². The highest BCUT2D eigenvalue weighted by atomic mass is 32.2. The van der Waals surface area contributed by atoms with Gasteiger partial charge in [0.1, 0.15) is 11.8 Å². The van der Waals surface area contributed by atoms with E-state index in [2.05, 4.69) is 10.0 Å². The Kier molecular flexibility index (Phi) is 7.76. The first-order valence-corrected chi connectivity index (χ1v) is 12.6. The molecule has 2 amide bonds. The number of hydrogen-bond acceptors (Lipinski definition) is 5. The van der Waals surface area contributed by atoms with E-state index in [1.807, 2.05) is 20.8 Å². The van der Waals surface area contributed by atoms with Crippen LogP contribution in [0.4, 0.5) is 11.4 Å². The van der Waals surface area contributed by atoms with Crippen LogP contribution >= 0.6 is 0 Å². The van der Waals surface area contributed by atoms with Crippen LogP contribution < -0.4 is 19.7 Å². The Hall–Kier alpha value is -2.91. The van der Waals surface area contributed by atoms with Gasteiger partial charge in [0, 0.05) is 24.8 Å². The monoisotopic (exact) mass is 473 g/mol. The Morgan fingerprint density at radius 3 is 2.42 bits per heavy atom. The number of amides is 2. The Labute approximate surface area is 195 Å². The van der Waals surface area contributed by atoms with E-state index in [1.54, 1.807) is 41.3 Å². The molecular formula is C24H31N3O5S. The summed E-state index contributed by atoms with van der Waals surface area (Å²) in [4.78, 5) is 26.4. The van der Waals surface area contributed by atoms with Crippen LogP contribution in [-0.4, -0.2) is 39.4 Å². The third kappa shape index (κ3) is 6.11. The van der Waals surface area contributed by atoms with Gasteiger partial charge in [0.15, 0.2) is 0 Å². The second-order valence-electron chi connectivity index (χ2n) is 8.46. The topological polar surface area (TPSA) is 105 Å². The number of nitrogens with one attached hydrogen (secondary N) is 2. The lowest BCUT2D eigenvalue weighted by Crippen LogP contribution is -2.44. The van der Waals surface area contributed by atoms with E-state index in [4.69, 9.17) is 4.74 Å². The maximum atomic E-state index is 13.1. The molecule has 0 bridgehead atoms. The number of carbonyl (C=O) groups excluding carboxylic acids is 2. The lowest BCUT2D eigenvalue weighted by atomic mass is 10.0. The van der Waals surface area contributed by atoms with Crippen molar-refractivity contribution in [3.63, 3.8) is 0 Å². The van der Waals surface area contributed by atoms with Crippen molar-refractivity contribution in [3.05, 3.63) is 48.0 Å². The van der Waals surface area contributed by atoms with Crippen LogP contribution in [0.1, 0.15) is 39.7 Å². The quantitative estimate of drug-likeness (QED) is 0.581. The van der Waals surface area contributed by atoms with E-state index in [9.17, 15) is 18.0 Å². The van der Waals surface area contributed by atoms with E-state index in [-0.39, 0.29) is 16.7 Å². The van der Waals surface area contributed by atoms with Gasteiger partial charge in [-0.1, -0.05) is 13.8 Å². The fraction of sp³-hybridized carbons (Fsp3) is 0.417. The van der Waals surface area contributed by atoms with Gasteiger partial charge < -0.3 is 15.0 Å². The summed E-state index contributed by atoms with van der Waals surface area (Å²) in [6.07, 6.45) is 0.928. The maximum absolute atomic E-state index is 13.1. The first kappa shape index (κ1) is 24.7. The highest BCUT2D eigenvalue weighted by Crippen LogP contribution is 2.30. The molecule has 8 nitrogen and oxygen atoms in total. The average molecular weight is 474 g/mol. The molecule has 1 atom stereocenters. The van der Waals surface area contributed by atoms with Crippen LogP contribution in [0.2, 0.25) is 0 Å². The zero-order valence-corrected chi connectivity index (χ0v) is 20.2. The van der Waals surface area contributed by atoms with Crippen molar-refractivity contribution in [1.82, 2.24) is 4.72 Å². The molecule has 0 aromatic heterocycles. The number of ether oxygens (including phenoxy) is 1. The Balaban J connectivity index is 1.77. The van der Waals surface area contributed by atoms with E-state index >= 15 is 0 Å². The van der Waals surface area contributed by atoms with Crippen molar-refractivity contribution in [2.45, 2.75) is 51.5 Å². The molecule has 0 radical (unpaired) electrons. The number of carbonyl (C=O) groups is 2. The van der Waals surface area contributed by atoms with Crippen molar-refractivity contribution >= 4 is 33.2 Å². The third-order valence-electron chi connectivity index (χ3n) is 5.39. The van der Waals surface area contributed by atoms with Crippen LogP contribution in [0, 0.1) is 5.92 Å². The zero-order chi connectivity index (χ0) is 24.2. The lowest BCUT2D eigenvalue weighted by Gasteiger charge is -2.21. The van der Waals surface area contributed by atoms with Gasteiger partial charge in [-0.15, -0.1) is 0 Å². The summed E-state index contributed by atoms with van der Waals surface area (Å²) in [5.74, 6) is 0.272. The lowest BCUT2D eigenvalue weighted by molar-refractivity contribution is -0.118. The molecule has 0 aliphatic carbocycles. The number of sulfonamides is 1. The largest absolute Gasteiger partial charge is 0.494 e. The summed E-state index contributed by atoms with van der Waals surface area (Å²) in [7, 11) is -3.95. The van der Waals surface area contributed by atoms with Gasteiger partial charge in [0.05, 0.1) is 11.5 Å². The number of benzene rings is 2. The van der Waals surface area contributed by atoms with E-state index in [1.165, 1.54) is 13.0 Å². The van der Waals surface area contributed by atoms with Gasteiger partial charge in [-0.25, -0.2) is 8.42 Å². The second-order valence-corrected chi connectivity index (χ2v) is 10.2. The number of hydrogen-bond donors (Lipinski definition) is 2. The summed E-state index contributed by atoms with van der Waals surface area (Å²) in [6, 6.07) is 10.7.